The molecule has 0 spiro atoms. The van der Waals surface area contributed by atoms with Gasteiger partial charge in [-0.05, 0) is 31.2 Å². The smallest absolute Gasteiger partial charge is 0.234 e. The van der Waals surface area contributed by atoms with Gasteiger partial charge < -0.3 is 19.5 Å². The standard InChI is InChI=1S/C23H24F2N4O4S/c1-5-10-29-22(14(2)33-19-8-6-15(24)11-17(19)25)27-28-23(29)34-13-21(30)26-18-12-16(31-3)7-9-20(18)32-4/h5-9,11-12,14H,1,10,13H2,2-4H3,(H,26,30). The topological polar surface area (TPSA) is 87.5 Å². The SMILES string of the molecule is C=CCn1c(SCC(=O)Nc2cc(OC)ccc2OC)nnc1C(C)Oc1ccc(F)cc1F. The molecule has 1 amide bonds. The molecule has 0 bridgehead atoms. The molecule has 1 atom stereocenters. The average Bonchev–Trinajstić information content (AvgIpc) is 3.22. The van der Waals surface area contributed by atoms with Gasteiger partial charge in [-0.2, -0.15) is 0 Å². The van der Waals surface area contributed by atoms with Crippen molar-refractivity contribution >= 4 is 23.4 Å². The number of nitrogens with one attached hydrogen (secondary N) is 1. The van der Waals surface area contributed by atoms with Gasteiger partial charge >= 0.3 is 0 Å². The number of carbonyl (C=O) groups excluding carboxylic acids is 1. The highest BCUT2D eigenvalue weighted by Gasteiger charge is 2.21. The summed E-state index contributed by atoms with van der Waals surface area (Å²) in [7, 11) is 3.04. The normalized spacial score (nSPS) is 11.6. The first-order chi connectivity index (χ1) is 16.4. The second-order valence-corrected chi connectivity index (χ2v) is 7.92. The molecule has 0 fully saturated rings. The molecule has 2 aromatic carbocycles. The number of aromatic nitrogens is 3. The molecule has 0 aliphatic rings. The lowest BCUT2D eigenvalue weighted by Crippen LogP contribution is -2.16. The van der Waals surface area contributed by atoms with Gasteiger partial charge in [0.05, 0.1) is 25.7 Å². The minimum atomic E-state index is -0.819. The molecule has 3 rings (SSSR count). The largest absolute Gasteiger partial charge is 0.497 e. The van der Waals surface area contributed by atoms with Gasteiger partial charge in [0.15, 0.2) is 28.7 Å². The van der Waals surface area contributed by atoms with Crippen molar-refractivity contribution in [1.82, 2.24) is 14.8 Å². The zero-order chi connectivity index (χ0) is 24.7. The summed E-state index contributed by atoms with van der Waals surface area (Å²) >= 11 is 1.17. The summed E-state index contributed by atoms with van der Waals surface area (Å²) in [6.45, 7) is 5.75. The molecular weight excluding hydrogens is 466 g/mol. The summed E-state index contributed by atoms with van der Waals surface area (Å²) in [5, 5.41) is 11.5. The van der Waals surface area contributed by atoms with E-state index in [1.165, 1.54) is 32.0 Å². The van der Waals surface area contributed by atoms with Crippen LogP contribution in [0.3, 0.4) is 0 Å². The van der Waals surface area contributed by atoms with E-state index in [-0.39, 0.29) is 17.4 Å². The van der Waals surface area contributed by atoms with Gasteiger partial charge in [0, 0.05) is 18.7 Å². The van der Waals surface area contributed by atoms with E-state index in [0.29, 0.717) is 34.7 Å². The molecule has 11 heteroatoms. The molecular formula is C23H24F2N4O4S. The first-order valence-corrected chi connectivity index (χ1v) is 11.1. The van der Waals surface area contributed by atoms with E-state index in [1.54, 1.807) is 35.8 Å². The number of rotatable bonds is 11. The number of allylic oxidation sites excluding steroid dienone is 1. The van der Waals surface area contributed by atoms with Crippen LogP contribution in [0.4, 0.5) is 14.5 Å². The molecule has 1 aromatic heterocycles. The van der Waals surface area contributed by atoms with Crippen molar-refractivity contribution in [2.45, 2.75) is 24.7 Å². The summed E-state index contributed by atoms with van der Waals surface area (Å²) in [4.78, 5) is 12.6. The van der Waals surface area contributed by atoms with E-state index >= 15 is 0 Å². The zero-order valence-electron chi connectivity index (χ0n) is 18.9. The lowest BCUT2D eigenvalue weighted by atomic mass is 10.2. The van der Waals surface area contributed by atoms with Crippen LogP contribution in [0.1, 0.15) is 18.9 Å². The second-order valence-electron chi connectivity index (χ2n) is 6.98. The summed E-state index contributed by atoms with van der Waals surface area (Å²) in [6.07, 6.45) is 0.945. The molecule has 180 valence electrons. The number of halogens is 2. The highest BCUT2D eigenvalue weighted by atomic mass is 32.2. The number of carbonyl (C=O) groups is 1. The van der Waals surface area contributed by atoms with Gasteiger partial charge in [-0.15, -0.1) is 16.8 Å². The van der Waals surface area contributed by atoms with Gasteiger partial charge in [-0.1, -0.05) is 17.8 Å². The maximum atomic E-state index is 14.0. The Kier molecular flexibility index (Phi) is 8.47. The van der Waals surface area contributed by atoms with E-state index < -0.39 is 17.7 Å². The number of hydrogen-bond acceptors (Lipinski definition) is 7. The quantitative estimate of drug-likeness (QED) is 0.310. The van der Waals surface area contributed by atoms with Crippen molar-refractivity contribution in [2.24, 2.45) is 0 Å². The van der Waals surface area contributed by atoms with Crippen LogP contribution in [-0.4, -0.2) is 40.6 Å². The maximum Gasteiger partial charge on any atom is 0.234 e. The molecule has 0 aliphatic heterocycles. The van der Waals surface area contributed by atoms with Crippen molar-refractivity contribution in [3.8, 4) is 17.2 Å². The first-order valence-electron chi connectivity index (χ1n) is 10.2. The minimum absolute atomic E-state index is 0.0392. The Morgan fingerprint density at radius 1 is 1.18 bits per heavy atom. The highest BCUT2D eigenvalue weighted by molar-refractivity contribution is 7.99. The van der Waals surface area contributed by atoms with E-state index in [2.05, 4.69) is 22.1 Å². The maximum absolute atomic E-state index is 14.0. The number of hydrogen-bond donors (Lipinski definition) is 1. The van der Waals surface area contributed by atoms with Gasteiger partial charge in [-0.25, -0.2) is 8.78 Å². The van der Waals surface area contributed by atoms with Crippen molar-refractivity contribution in [2.75, 3.05) is 25.3 Å². The predicted molar refractivity (Wildman–Crippen MR) is 125 cm³/mol. The predicted octanol–water partition coefficient (Wildman–Crippen LogP) is 4.63. The van der Waals surface area contributed by atoms with Gasteiger partial charge in [0.2, 0.25) is 5.91 Å². The molecule has 0 aliphatic carbocycles. The first kappa shape index (κ1) is 25.0. The fourth-order valence-electron chi connectivity index (χ4n) is 3.05. The number of thioether (sulfide) groups is 1. The van der Waals surface area contributed by atoms with Crippen molar-refractivity contribution in [3.63, 3.8) is 0 Å². The van der Waals surface area contributed by atoms with Crippen LogP contribution in [0.5, 0.6) is 17.2 Å². The number of amides is 1. The lowest BCUT2D eigenvalue weighted by molar-refractivity contribution is -0.113. The van der Waals surface area contributed by atoms with Crippen LogP contribution < -0.4 is 19.5 Å². The van der Waals surface area contributed by atoms with Gasteiger partial charge in [-0.3, -0.25) is 9.36 Å². The van der Waals surface area contributed by atoms with Crippen molar-refractivity contribution in [1.29, 1.82) is 0 Å². The third-order valence-electron chi connectivity index (χ3n) is 4.63. The van der Waals surface area contributed by atoms with E-state index in [1.807, 2.05) is 0 Å². The third kappa shape index (κ3) is 6.04. The number of nitrogens with zero attached hydrogens (tertiary/aromatic N) is 3. The average molecular weight is 491 g/mol. The second kappa shape index (κ2) is 11.5. The van der Waals surface area contributed by atoms with Crippen LogP contribution in [-0.2, 0) is 11.3 Å². The Bertz CT molecular complexity index is 1170. The van der Waals surface area contributed by atoms with Gasteiger partial charge in [0.1, 0.15) is 17.3 Å². The fourth-order valence-corrected chi connectivity index (χ4v) is 3.81. The van der Waals surface area contributed by atoms with Crippen molar-refractivity contribution in [3.05, 3.63) is 66.5 Å². The molecule has 8 nitrogen and oxygen atoms in total. The molecule has 0 saturated carbocycles. The Morgan fingerprint density at radius 3 is 2.62 bits per heavy atom. The number of methoxy groups -OCH3 is 2. The van der Waals surface area contributed by atoms with Gasteiger partial charge in [0.25, 0.3) is 0 Å². The molecule has 1 heterocycles. The third-order valence-corrected chi connectivity index (χ3v) is 5.60. The summed E-state index contributed by atoms with van der Waals surface area (Å²) in [5.41, 5.74) is 0.476. The number of anilines is 1. The Balaban J connectivity index is 1.71. The van der Waals surface area contributed by atoms with Crippen LogP contribution in [0.25, 0.3) is 0 Å². The molecule has 3 aromatic rings. The molecule has 0 radical (unpaired) electrons. The molecule has 0 saturated heterocycles. The summed E-state index contributed by atoms with van der Waals surface area (Å²) in [5.74, 6) is -0.400. The van der Waals surface area contributed by atoms with Crippen LogP contribution in [0, 0.1) is 11.6 Å². The Morgan fingerprint density at radius 2 is 1.94 bits per heavy atom. The minimum Gasteiger partial charge on any atom is -0.497 e. The summed E-state index contributed by atoms with van der Waals surface area (Å²) in [6, 6.07) is 8.14. The lowest BCUT2D eigenvalue weighted by Gasteiger charge is -2.16. The molecule has 1 N–H and O–H groups in total. The molecule has 1 unspecified atom stereocenters. The van der Waals surface area contributed by atoms with E-state index in [0.717, 1.165) is 12.1 Å². The number of benzene rings is 2. The highest BCUT2D eigenvalue weighted by Crippen LogP contribution is 2.30. The molecule has 34 heavy (non-hydrogen) atoms. The van der Waals surface area contributed by atoms with E-state index in [9.17, 15) is 13.6 Å². The zero-order valence-corrected chi connectivity index (χ0v) is 19.7. The Hall–Kier alpha value is -3.60. The monoisotopic (exact) mass is 490 g/mol. The van der Waals surface area contributed by atoms with E-state index in [4.69, 9.17) is 14.2 Å². The fraction of sp³-hybridized carbons (Fsp3) is 0.261. The number of ether oxygens (including phenoxy) is 3. The van der Waals surface area contributed by atoms with Crippen LogP contribution in [0.2, 0.25) is 0 Å². The summed E-state index contributed by atoms with van der Waals surface area (Å²) < 4.78 is 44.9. The van der Waals surface area contributed by atoms with Crippen LogP contribution in [0.15, 0.2) is 54.2 Å². The van der Waals surface area contributed by atoms with Crippen molar-refractivity contribution < 1.29 is 27.8 Å². The Labute approximate surface area is 199 Å². The van der Waals surface area contributed by atoms with Crippen LogP contribution >= 0.6 is 11.8 Å².